The molecule has 0 aromatic heterocycles. The number of nitrogens with zero attached hydrogens (tertiary/aromatic N) is 2. The standard InChI is InChI=1S/C15H21BF2N4O/c16-22-5-3-10(4-6-22)2-1-7-23-11-8-12(17)14(13(18)9-11)15(19)21-20/h8-10H,1-7,20H2,(H2,19,21). The van der Waals surface area contributed by atoms with E-state index in [1.54, 1.807) is 0 Å². The van der Waals surface area contributed by atoms with Crippen LogP contribution in [0.1, 0.15) is 31.2 Å². The molecule has 1 heterocycles. The average molecular weight is 322 g/mol. The van der Waals surface area contributed by atoms with E-state index in [9.17, 15) is 8.78 Å². The Morgan fingerprint density at radius 3 is 2.48 bits per heavy atom. The number of hydrazone groups is 1. The summed E-state index contributed by atoms with van der Waals surface area (Å²) in [6.07, 6.45) is 3.99. The van der Waals surface area contributed by atoms with Crippen molar-refractivity contribution in [2.24, 2.45) is 22.6 Å². The summed E-state index contributed by atoms with van der Waals surface area (Å²) in [6, 6.07) is 2.17. The number of piperidine rings is 1. The number of hydrogen-bond acceptors (Lipinski definition) is 4. The number of benzene rings is 1. The summed E-state index contributed by atoms with van der Waals surface area (Å²) in [4.78, 5) is 1.83. The van der Waals surface area contributed by atoms with Crippen LogP contribution >= 0.6 is 0 Å². The lowest BCUT2D eigenvalue weighted by Gasteiger charge is -2.29. The van der Waals surface area contributed by atoms with Crippen molar-refractivity contribution >= 4 is 13.8 Å². The van der Waals surface area contributed by atoms with Gasteiger partial charge in [0.2, 0.25) is 0 Å². The summed E-state index contributed by atoms with van der Waals surface area (Å²) < 4.78 is 33.1. The van der Waals surface area contributed by atoms with Gasteiger partial charge in [0.05, 0.1) is 12.2 Å². The van der Waals surface area contributed by atoms with Crippen molar-refractivity contribution in [3.05, 3.63) is 29.3 Å². The van der Waals surface area contributed by atoms with E-state index < -0.39 is 23.0 Å². The highest BCUT2D eigenvalue weighted by atomic mass is 19.1. The normalized spacial score (nSPS) is 17.4. The van der Waals surface area contributed by atoms with Crippen LogP contribution in [0.25, 0.3) is 0 Å². The van der Waals surface area contributed by atoms with Crippen LogP contribution in [0, 0.1) is 17.6 Å². The molecule has 0 unspecified atom stereocenters. The zero-order valence-corrected chi connectivity index (χ0v) is 13.0. The van der Waals surface area contributed by atoms with Crippen LogP contribution in [0.15, 0.2) is 17.2 Å². The third-order valence-electron chi connectivity index (χ3n) is 4.09. The number of rotatable bonds is 6. The Morgan fingerprint density at radius 1 is 1.30 bits per heavy atom. The van der Waals surface area contributed by atoms with Crippen LogP contribution in [0.4, 0.5) is 8.78 Å². The lowest BCUT2D eigenvalue weighted by Crippen LogP contribution is -2.31. The molecule has 124 valence electrons. The first-order valence-electron chi connectivity index (χ1n) is 7.66. The second kappa shape index (κ2) is 8.15. The van der Waals surface area contributed by atoms with E-state index in [0.29, 0.717) is 12.5 Å². The smallest absolute Gasteiger partial charge is 0.182 e. The summed E-state index contributed by atoms with van der Waals surface area (Å²) in [5.74, 6) is 3.63. The molecular weight excluding hydrogens is 301 g/mol. The Morgan fingerprint density at radius 2 is 1.91 bits per heavy atom. The molecule has 0 saturated carbocycles. The van der Waals surface area contributed by atoms with E-state index >= 15 is 0 Å². The molecule has 0 atom stereocenters. The molecule has 2 rings (SSSR count). The molecule has 0 spiro atoms. The number of hydrogen-bond donors (Lipinski definition) is 2. The van der Waals surface area contributed by atoms with Crippen LogP contribution in [-0.4, -0.2) is 38.3 Å². The second-order valence-corrected chi connectivity index (χ2v) is 5.75. The number of amidine groups is 1. The Balaban J connectivity index is 1.82. The molecule has 8 heteroatoms. The summed E-state index contributed by atoms with van der Waals surface area (Å²) in [6.45, 7) is 2.22. The lowest BCUT2D eigenvalue weighted by atomic mass is 9.91. The van der Waals surface area contributed by atoms with Crippen molar-refractivity contribution in [1.82, 2.24) is 4.81 Å². The first kappa shape index (κ1) is 17.5. The molecule has 0 bridgehead atoms. The Bertz CT molecular complexity index is 539. The molecular formula is C15H21BF2N4O. The highest BCUT2D eigenvalue weighted by Crippen LogP contribution is 2.23. The first-order valence-corrected chi connectivity index (χ1v) is 7.66. The fraction of sp³-hybridized carbons (Fsp3) is 0.533. The van der Waals surface area contributed by atoms with E-state index in [2.05, 4.69) is 5.10 Å². The largest absolute Gasteiger partial charge is 0.493 e. The summed E-state index contributed by atoms with van der Waals surface area (Å²) in [7, 11) is 5.71. The van der Waals surface area contributed by atoms with Crippen LogP contribution in [-0.2, 0) is 0 Å². The number of ether oxygens (including phenoxy) is 1. The third kappa shape index (κ3) is 4.82. The average Bonchev–Trinajstić information content (AvgIpc) is 2.52. The maximum absolute atomic E-state index is 13.8. The topological polar surface area (TPSA) is 76.9 Å². The van der Waals surface area contributed by atoms with Crippen molar-refractivity contribution in [2.75, 3.05) is 19.7 Å². The minimum Gasteiger partial charge on any atom is -0.493 e. The third-order valence-corrected chi connectivity index (χ3v) is 4.09. The van der Waals surface area contributed by atoms with Gasteiger partial charge < -0.3 is 21.1 Å². The maximum atomic E-state index is 13.8. The summed E-state index contributed by atoms with van der Waals surface area (Å²) >= 11 is 0. The molecule has 23 heavy (non-hydrogen) atoms. The van der Waals surface area contributed by atoms with Gasteiger partial charge in [-0.25, -0.2) is 8.78 Å². The summed E-state index contributed by atoms with van der Waals surface area (Å²) in [5, 5.41) is 3.10. The van der Waals surface area contributed by atoms with Crippen LogP contribution in [0.5, 0.6) is 5.75 Å². The van der Waals surface area contributed by atoms with E-state index in [1.807, 2.05) is 4.81 Å². The van der Waals surface area contributed by atoms with E-state index in [1.165, 1.54) is 0 Å². The minimum absolute atomic E-state index is 0.130. The Hall–Kier alpha value is -1.83. The van der Waals surface area contributed by atoms with Crippen LogP contribution < -0.4 is 16.3 Å². The second-order valence-electron chi connectivity index (χ2n) is 5.75. The lowest BCUT2D eigenvalue weighted by molar-refractivity contribution is 0.241. The quantitative estimate of drug-likeness (QED) is 0.208. The van der Waals surface area contributed by atoms with Gasteiger partial charge in [-0.15, -0.1) is 0 Å². The van der Waals surface area contributed by atoms with Gasteiger partial charge in [-0.05, 0) is 44.7 Å². The van der Waals surface area contributed by atoms with Gasteiger partial charge in [0.25, 0.3) is 0 Å². The Labute approximate surface area is 136 Å². The van der Waals surface area contributed by atoms with Gasteiger partial charge in [0.1, 0.15) is 17.4 Å². The number of halogens is 2. The number of nitrogens with two attached hydrogens (primary N) is 2. The van der Waals surface area contributed by atoms with Crippen molar-refractivity contribution in [3.8, 4) is 5.75 Å². The van der Waals surface area contributed by atoms with Crippen LogP contribution in [0.2, 0.25) is 0 Å². The predicted molar refractivity (Wildman–Crippen MR) is 86.0 cm³/mol. The molecule has 0 amide bonds. The van der Waals surface area contributed by atoms with Crippen LogP contribution in [0.3, 0.4) is 0 Å². The molecule has 1 saturated heterocycles. The molecule has 1 aromatic rings. The fourth-order valence-electron chi connectivity index (χ4n) is 2.75. The summed E-state index contributed by atoms with van der Waals surface area (Å²) in [5.41, 5.74) is 4.92. The minimum atomic E-state index is -0.845. The molecule has 2 radical (unpaired) electrons. The molecule has 5 nitrogen and oxygen atoms in total. The fourth-order valence-corrected chi connectivity index (χ4v) is 2.75. The van der Waals surface area contributed by atoms with E-state index in [0.717, 1.165) is 50.9 Å². The van der Waals surface area contributed by atoms with Gasteiger partial charge in [-0.1, -0.05) is 0 Å². The molecule has 1 aliphatic heterocycles. The van der Waals surface area contributed by atoms with E-state index in [-0.39, 0.29) is 5.75 Å². The zero-order chi connectivity index (χ0) is 16.8. The molecule has 0 aliphatic carbocycles. The Kier molecular flexibility index (Phi) is 6.21. The predicted octanol–water partition coefficient (Wildman–Crippen LogP) is 1.50. The van der Waals surface area contributed by atoms with Crippen molar-refractivity contribution in [2.45, 2.75) is 25.7 Å². The SMILES string of the molecule is [B]N1CCC(CCCOc2cc(F)c(C(N)=NN)c(F)c2)CC1. The monoisotopic (exact) mass is 322 g/mol. The van der Waals surface area contributed by atoms with Gasteiger partial charge in [0.15, 0.2) is 13.8 Å². The van der Waals surface area contributed by atoms with Crippen molar-refractivity contribution in [3.63, 3.8) is 0 Å². The van der Waals surface area contributed by atoms with Gasteiger partial charge >= 0.3 is 0 Å². The van der Waals surface area contributed by atoms with Crippen molar-refractivity contribution < 1.29 is 13.5 Å². The van der Waals surface area contributed by atoms with E-state index in [4.69, 9.17) is 24.3 Å². The van der Waals surface area contributed by atoms with Gasteiger partial charge in [-0.2, -0.15) is 5.10 Å². The van der Waals surface area contributed by atoms with Gasteiger partial charge in [-0.3, -0.25) is 0 Å². The highest BCUT2D eigenvalue weighted by molar-refractivity contribution is 6.04. The molecule has 4 N–H and O–H groups in total. The molecule has 1 aromatic carbocycles. The highest BCUT2D eigenvalue weighted by Gasteiger charge is 2.17. The maximum Gasteiger partial charge on any atom is 0.182 e. The molecule has 1 fully saturated rings. The van der Waals surface area contributed by atoms with Crippen molar-refractivity contribution in [1.29, 1.82) is 0 Å². The van der Waals surface area contributed by atoms with Gasteiger partial charge in [0, 0.05) is 12.1 Å². The first-order chi connectivity index (χ1) is 11.0. The molecule has 1 aliphatic rings. The zero-order valence-electron chi connectivity index (χ0n) is 13.0.